The number of amides is 1. The van der Waals surface area contributed by atoms with Gasteiger partial charge in [0.1, 0.15) is 11.2 Å². The van der Waals surface area contributed by atoms with Gasteiger partial charge in [-0.15, -0.1) is 11.3 Å². The summed E-state index contributed by atoms with van der Waals surface area (Å²) in [7, 11) is 0. The number of rotatable bonds is 2. The van der Waals surface area contributed by atoms with E-state index in [-0.39, 0.29) is 0 Å². The molecular formula is C21H13NO3S. The summed E-state index contributed by atoms with van der Waals surface area (Å²) >= 11 is 1.60. The van der Waals surface area contributed by atoms with Crippen LogP contribution in [0.25, 0.3) is 42.5 Å². The molecule has 0 saturated carbocycles. The van der Waals surface area contributed by atoms with Crippen LogP contribution in [0.4, 0.5) is 0 Å². The van der Waals surface area contributed by atoms with Crippen LogP contribution >= 0.6 is 11.3 Å². The van der Waals surface area contributed by atoms with Gasteiger partial charge in [0.25, 0.3) is 5.91 Å². The largest absolute Gasteiger partial charge is 0.455 e. The molecule has 3 aromatic carbocycles. The zero-order valence-corrected chi connectivity index (χ0v) is 14.3. The van der Waals surface area contributed by atoms with Crippen molar-refractivity contribution in [2.45, 2.75) is 0 Å². The average Bonchev–Trinajstić information content (AvgIpc) is 3.27. The maximum Gasteiger partial charge on any atom is 0.274 e. The minimum atomic E-state index is -0.513. The highest BCUT2D eigenvalue weighted by Gasteiger charge is 2.14. The van der Waals surface area contributed by atoms with Crippen molar-refractivity contribution in [1.82, 2.24) is 5.48 Å². The molecule has 2 N–H and O–H groups in total. The number of carbonyl (C=O) groups excluding carboxylic acids is 1. The van der Waals surface area contributed by atoms with E-state index in [9.17, 15) is 4.79 Å². The second kappa shape index (κ2) is 5.69. The monoisotopic (exact) mass is 359 g/mol. The fourth-order valence-corrected chi connectivity index (χ4v) is 4.44. The van der Waals surface area contributed by atoms with Crippen LogP contribution in [0, 0.1) is 0 Å². The van der Waals surface area contributed by atoms with E-state index in [2.05, 4.69) is 24.3 Å². The molecule has 5 heteroatoms. The minimum absolute atomic E-state index is 0.426. The Kier molecular flexibility index (Phi) is 3.31. The highest BCUT2D eigenvalue weighted by molar-refractivity contribution is 7.22. The van der Waals surface area contributed by atoms with Crippen molar-refractivity contribution in [3.8, 4) is 10.4 Å². The number of benzene rings is 3. The molecule has 0 bridgehead atoms. The Balaban J connectivity index is 1.73. The van der Waals surface area contributed by atoms with Gasteiger partial charge in [0, 0.05) is 31.5 Å². The second-order valence-electron chi connectivity index (χ2n) is 6.08. The lowest BCUT2D eigenvalue weighted by molar-refractivity contribution is 0.0706. The third-order valence-electron chi connectivity index (χ3n) is 4.55. The van der Waals surface area contributed by atoms with Gasteiger partial charge in [-0.3, -0.25) is 10.0 Å². The Morgan fingerprint density at radius 2 is 1.81 bits per heavy atom. The molecule has 26 heavy (non-hydrogen) atoms. The highest BCUT2D eigenvalue weighted by Crippen LogP contribution is 2.40. The number of para-hydroxylation sites is 2. The number of nitrogens with one attached hydrogen (secondary N) is 1. The molecule has 0 fully saturated rings. The Hall–Kier alpha value is -3.15. The van der Waals surface area contributed by atoms with E-state index in [0.29, 0.717) is 5.56 Å². The van der Waals surface area contributed by atoms with Crippen molar-refractivity contribution in [3.05, 3.63) is 72.3 Å². The summed E-state index contributed by atoms with van der Waals surface area (Å²) in [5, 5.41) is 12.1. The van der Waals surface area contributed by atoms with Gasteiger partial charge in [-0.2, -0.15) is 0 Å². The number of furan rings is 1. The molecule has 0 aliphatic heterocycles. The van der Waals surface area contributed by atoms with Crippen molar-refractivity contribution >= 4 is 49.3 Å². The molecule has 5 aromatic rings. The first-order valence-corrected chi connectivity index (χ1v) is 8.95. The first kappa shape index (κ1) is 15.1. The summed E-state index contributed by atoms with van der Waals surface area (Å²) < 4.78 is 7.10. The van der Waals surface area contributed by atoms with Crippen LogP contribution in [0.5, 0.6) is 0 Å². The molecule has 126 valence electrons. The molecule has 4 nitrogen and oxygen atoms in total. The van der Waals surface area contributed by atoms with E-state index in [1.807, 2.05) is 30.3 Å². The predicted molar refractivity (Wildman–Crippen MR) is 104 cm³/mol. The van der Waals surface area contributed by atoms with Crippen LogP contribution in [0.2, 0.25) is 0 Å². The standard InChI is InChI=1S/C21H13NO3S/c23-21(22-24)13-9-8-12-10-19(26-18(12)11-13)16-6-3-5-15-14-4-1-2-7-17(14)25-20(15)16/h1-11,24H,(H,22,23). The molecule has 0 spiro atoms. The zero-order valence-electron chi connectivity index (χ0n) is 13.5. The Bertz CT molecular complexity index is 1300. The fraction of sp³-hybridized carbons (Fsp3) is 0. The Morgan fingerprint density at radius 3 is 2.69 bits per heavy atom. The first-order chi connectivity index (χ1) is 12.7. The Labute approximate surface area is 152 Å². The average molecular weight is 359 g/mol. The molecule has 2 heterocycles. The molecule has 1 amide bonds. The van der Waals surface area contributed by atoms with E-state index < -0.39 is 5.91 Å². The van der Waals surface area contributed by atoms with E-state index in [1.165, 1.54) is 0 Å². The van der Waals surface area contributed by atoms with Gasteiger partial charge in [0.2, 0.25) is 0 Å². The summed E-state index contributed by atoms with van der Waals surface area (Å²) in [5.41, 5.74) is 4.88. The topological polar surface area (TPSA) is 62.5 Å². The normalized spacial score (nSPS) is 11.4. The molecule has 0 radical (unpaired) electrons. The van der Waals surface area contributed by atoms with Crippen LogP contribution in [0.1, 0.15) is 10.4 Å². The number of thiophene rings is 1. The van der Waals surface area contributed by atoms with Crippen LogP contribution in [-0.2, 0) is 0 Å². The van der Waals surface area contributed by atoms with Gasteiger partial charge in [-0.1, -0.05) is 36.4 Å². The van der Waals surface area contributed by atoms with Gasteiger partial charge >= 0.3 is 0 Å². The van der Waals surface area contributed by atoms with Crippen molar-refractivity contribution in [2.24, 2.45) is 0 Å². The summed E-state index contributed by atoms with van der Waals surface area (Å²) in [6.45, 7) is 0. The number of hydrogen-bond donors (Lipinski definition) is 2. The first-order valence-electron chi connectivity index (χ1n) is 8.13. The number of carbonyl (C=O) groups is 1. The Morgan fingerprint density at radius 1 is 0.962 bits per heavy atom. The molecule has 0 aliphatic carbocycles. The molecule has 0 saturated heterocycles. The van der Waals surface area contributed by atoms with Crippen LogP contribution in [0.15, 0.2) is 71.1 Å². The van der Waals surface area contributed by atoms with Crippen LogP contribution in [-0.4, -0.2) is 11.1 Å². The van der Waals surface area contributed by atoms with Crippen molar-refractivity contribution in [3.63, 3.8) is 0 Å². The number of hydroxylamine groups is 1. The van der Waals surface area contributed by atoms with Crippen molar-refractivity contribution in [2.75, 3.05) is 0 Å². The fourth-order valence-electron chi connectivity index (χ4n) is 3.31. The zero-order chi connectivity index (χ0) is 17.7. The van der Waals surface area contributed by atoms with Crippen LogP contribution in [0.3, 0.4) is 0 Å². The third kappa shape index (κ3) is 2.22. The molecule has 5 rings (SSSR count). The van der Waals surface area contributed by atoms with E-state index in [0.717, 1.165) is 42.5 Å². The maximum atomic E-state index is 11.6. The highest BCUT2D eigenvalue weighted by atomic mass is 32.1. The summed E-state index contributed by atoms with van der Waals surface area (Å²) in [6.07, 6.45) is 0. The van der Waals surface area contributed by atoms with E-state index >= 15 is 0 Å². The quantitative estimate of drug-likeness (QED) is 0.319. The predicted octanol–water partition coefficient (Wildman–Crippen LogP) is 5.59. The van der Waals surface area contributed by atoms with Crippen LogP contribution < -0.4 is 5.48 Å². The smallest absolute Gasteiger partial charge is 0.274 e. The van der Waals surface area contributed by atoms with Gasteiger partial charge in [-0.25, -0.2) is 5.48 Å². The molecular weight excluding hydrogens is 346 g/mol. The van der Waals surface area contributed by atoms with Gasteiger partial charge < -0.3 is 4.42 Å². The summed E-state index contributed by atoms with van der Waals surface area (Å²) in [6, 6.07) is 21.7. The minimum Gasteiger partial charge on any atom is -0.455 e. The maximum absolute atomic E-state index is 11.6. The summed E-state index contributed by atoms with van der Waals surface area (Å²) in [5.74, 6) is -0.513. The lowest BCUT2D eigenvalue weighted by Gasteiger charge is -1.98. The lowest BCUT2D eigenvalue weighted by Crippen LogP contribution is -2.18. The molecule has 0 unspecified atom stereocenters. The van der Waals surface area contributed by atoms with Gasteiger partial charge in [-0.05, 0) is 35.7 Å². The van der Waals surface area contributed by atoms with E-state index in [4.69, 9.17) is 9.62 Å². The van der Waals surface area contributed by atoms with Crippen molar-refractivity contribution in [1.29, 1.82) is 0 Å². The van der Waals surface area contributed by atoms with Gasteiger partial charge in [0.15, 0.2) is 0 Å². The molecule has 2 aromatic heterocycles. The van der Waals surface area contributed by atoms with Gasteiger partial charge in [0.05, 0.1) is 0 Å². The molecule has 0 aliphatic rings. The number of fused-ring (bicyclic) bond motifs is 4. The second-order valence-corrected chi connectivity index (χ2v) is 7.17. The third-order valence-corrected chi connectivity index (χ3v) is 5.68. The summed E-state index contributed by atoms with van der Waals surface area (Å²) in [4.78, 5) is 12.7. The van der Waals surface area contributed by atoms with E-state index in [1.54, 1.807) is 28.9 Å². The molecule has 0 atom stereocenters. The SMILES string of the molecule is O=C(NO)c1ccc2cc(-c3cccc4c3oc3ccccc34)sc2c1. The lowest BCUT2D eigenvalue weighted by atomic mass is 10.1. The van der Waals surface area contributed by atoms with Crippen molar-refractivity contribution < 1.29 is 14.4 Å². The number of hydrogen-bond acceptors (Lipinski definition) is 4.